The van der Waals surface area contributed by atoms with Crippen LogP contribution >= 0.6 is 11.3 Å². The van der Waals surface area contributed by atoms with E-state index in [1.54, 1.807) is 0 Å². The van der Waals surface area contributed by atoms with Gasteiger partial charge in [0.25, 0.3) is 0 Å². The van der Waals surface area contributed by atoms with Crippen LogP contribution in [0.5, 0.6) is 0 Å². The molecule has 0 fully saturated rings. The highest BCUT2D eigenvalue weighted by atomic mass is 32.1. The second kappa shape index (κ2) is 11.3. The molecule has 8 aromatic rings. The first-order chi connectivity index (χ1) is 21.8. The zero-order valence-corrected chi connectivity index (χ0v) is 24.9. The highest BCUT2D eigenvalue weighted by Gasteiger charge is 2.14. The van der Waals surface area contributed by atoms with Gasteiger partial charge in [0.15, 0.2) is 0 Å². The van der Waals surface area contributed by atoms with Crippen molar-refractivity contribution in [1.29, 1.82) is 0 Å². The Hall–Kier alpha value is -5.44. The van der Waals surface area contributed by atoms with Crippen molar-refractivity contribution in [2.75, 3.05) is 4.90 Å². The number of fused-ring (bicyclic) bond motifs is 3. The van der Waals surface area contributed by atoms with Crippen LogP contribution in [0, 0.1) is 0 Å². The quantitative estimate of drug-likeness (QED) is 0.189. The largest absolute Gasteiger partial charge is 0.311 e. The van der Waals surface area contributed by atoms with Crippen molar-refractivity contribution >= 4 is 48.6 Å². The molecule has 0 amide bonds. The van der Waals surface area contributed by atoms with Crippen molar-refractivity contribution in [3.63, 3.8) is 0 Å². The summed E-state index contributed by atoms with van der Waals surface area (Å²) in [6, 6.07) is 63.3. The average Bonchev–Trinajstić information content (AvgIpc) is 3.48. The molecule has 0 aliphatic heterocycles. The first kappa shape index (κ1) is 26.2. The molecular weight excluding hydrogens is 551 g/mol. The van der Waals surface area contributed by atoms with E-state index in [4.69, 9.17) is 0 Å². The summed E-state index contributed by atoms with van der Waals surface area (Å²) in [4.78, 5) is 2.34. The van der Waals surface area contributed by atoms with Gasteiger partial charge in [0.1, 0.15) is 0 Å². The van der Waals surface area contributed by atoms with E-state index in [9.17, 15) is 0 Å². The monoisotopic (exact) mass is 579 g/mol. The molecule has 0 bridgehead atoms. The fraction of sp³-hybridized carbons (Fsp3) is 0. The number of anilines is 3. The summed E-state index contributed by atoms with van der Waals surface area (Å²) in [6.07, 6.45) is 0. The Kier molecular flexibility index (Phi) is 6.75. The minimum absolute atomic E-state index is 1.12. The highest BCUT2D eigenvalue weighted by Crippen LogP contribution is 2.39. The highest BCUT2D eigenvalue weighted by molar-refractivity contribution is 7.25. The molecular formula is C42H29NS. The molecule has 0 atom stereocenters. The minimum Gasteiger partial charge on any atom is -0.311 e. The molecule has 1 aromatic heterocycles. The summed E-state index contributed by atoms with van der Waals surface area (Å²) in [7, 11) is 0. The molecule has 2 heteroatoms. The molecule has 0 saturated carbocycles. The maximum Gasteiger partial charge on any atom is 0.0462 e. The second-order valence-electron chi connectivity index (χ2n) is 11.0. The molecule has 7 aromatic carbocycles. The van der Waals surface area contributed by atoms with Gasteiger partial charge in [0, 0.05) is 37.2 Å². The third kappa shape index (κ3) is 4.96. The first-order valence-electron chi connectivity index (χ1n) is 14.9. The number of nitrogens with zero attached hydrogens (tertiary/aromatic N) is 1. The molecule has 208 valence electrons. The van der Waals surface area contributed by atoms with Gasteiger partial charge in [-0.15, -0.1) is 11.3 Å². The maximum absolute atomic E-state index is 2.34. The number of thiophene rings is 1. The Bertz CT molecular complexity index is 2100. The third-order valence-corrected chi connectivity index (χ3v) is 9.44. The topological polar surface area (TPSA) is 3.24 Å². The molecule has 8 rings (SSSR count). The SMILES string of the molecule is c1ccc(-c2ccc(N(c3ccc(-c4ccccc4)cc3)c3ccc(-c4ccc5c(c4)sc4ccccc45)cc3)cc2)cc1. The van der Waals surface area contributed by atoms with Crippen molar-refractivity contribution in [3.8, 4) is 33.4 Å². The van der Waals surface area contributed by atoms with E-state index in [2.05, 4.69) is 181 Å². The molecule has 0 saturated heterocycles. The molecule has 0 unspecified atom stereocenters. The normalized spacial score (nSPS) is 11.2. The third-order valence-electron chi connectivity index (χ3n) is 8.30. The molecule has 0 spiro atoms. The van der Waals surface area contributed by atoms with E-state index in [1.165, 1.54) is 53.6 Å². The maximum atomic E-state index is 2.34. The van der Waals surface area contributed by atoms with Crippen molar-refractivity contribution in [1.82, 2.24) is 0 Å². The molecule has 0 radical (unpaired) electrons. The predicted octanol–water partition coefficient (Wildman–Crippen LogP) is 12.5. The zero-order chi connectivity index (χ0) is 29.3. The van der Waals surface area contributed by atoms with Crippen LogP contribution in [0.25, 0.3) is 53.6 Å². The Morgan fingerprint density at radius 3 is 1.20 bits per heavy atom. The summed E-state index contributed by atoms with van der Waals surface area (Å²) in [5.41, 5.74) is 10.7. The summed E-state index contributed by atoms with van der Waals surface area (Å²) in [6.45, 7) is 0. The van der Waals surface area contributed by atoms with E-state index >= 15 is 0 Å². The Morgan fingerprint density at radius 1 is 0.295 bits per heavy atom. The fourth-order valence-electron chi connectivity index (χ4n) is 6.02. The minimum atomic E-state index is 1.12. The van der Waals surface area contributed by atoms with Crippen LogP contribution in [0.4, 0.5) is 17.1 Å². The molecule has 0 aliphatic rings. The lowest BCUT2D eigenvalue weighted by molar-refractivity contribution is 1.28. The Balaban J connectivity index is 1.16. The summed E-state index contributed by atoms with van der Waals surface area (Å²) >= 11 is 1.86. The summed E-state index contributed by atoms with van der Waals surface area (Å²) in [5.74, 6) is 0. The van der Waals surface area contributed by atoms with Gasteiger partial charge in [-0.05, 0) is 81.9 Å². The molecule has 1 heterocycles. The van der Waals surface area contributed by atoms with E-state index in [0.29, 0.717) is 0 Å². The van der Waals surface area contributed by atoms with Crippen molar-refractivity contribution in [2.24, 2.45) is 0 Å². The second-order valence-corrected chi connectivity index (χ2v) is 12.1. The first-order valence-corrected chi connectivity index (χ1v) is 15.7. The average molecular weight is 580 g/mol. The van der Waals surface area contributed by atoms with E-state index in [1.807, 2.05) is 11.3 Å². The standard InChI is InChI=1S/C42H29NS/c1-3-9-30(10-4-1)32-15-22-36(23-16-32)43(37-24-17-33(18-25-37)31-11-5-2-6-12-31)38-26-19-34(20-27-38)35-21-28-40-39-13-7-8-14-41(39)44-42(40)29-35/h1-29H. The lowest BCUT2D eigenvalue weighted by Crippen LogP contribution is -2.09. The number of hydrogen-bond acceptors (Lipinski definition) is 2. The van der Waals surface area contributed by atoms with Crippen molar-refractivity contribution in [3.05, 3.63) is 176 Å². The van der Waals surface area contributed by atoms with Crippen LogP contribution in [0.3, 0.4) is 0 Å². The predicted molar refractivity (Wildman–Crippen MR) is 190 cm³/mol. The van der Waals surface area contributed by atoms with Gasteiger partial charge < -0.3 is 4.90 Å². The summed E-state index contributed by atoms with van der Waals surface area (Å²) in [5, 5.41) is 2.66. The van der Waals surface area contributed by atoms with Gasteiger partial charge in [0.05, 0.1) is 0 Å². The van der Waals surface area contributed by atoms with Crippen molar-refractivity contribution in [2.45, 2.75) is 0 Å². The van der Waals surface area contributed by atoms with Crippen LogP contribution in [0.2, 0.25) is 0 Å². The number of hydrogen-bond donors (Lipinski definition) is 0. The van der Waals surface area contributed by atoms with E-state index < -0.39 is 0 Å². The van der Waals surface area contributed by atoms with Crippen LogP contribution in [-0.2, 0) is 0 Å². The van der Waals surface area contributed by atoms with Crippen LogP contribution in [-0.4, -0.2) is 0 Å². The lowest BCUT2D eigenvalue weighted by atomic mass is 10.0. The van der Waals surface area contributed by atoms with Crippen LogP contribution < -0.4 is 4.90 Å². The molecule has 44 heavy (non-hydrogen) atoms. The molecule has 0 aliphatic carbocycles. The summed E-state index contributed by atoms with van der Waals surface area (Å²) < 4.78 is 2.66. The van der Waals surface area contributed by atoms with Gasteiger partial charge in [0.2, 0.25) is 0 Å². The van der Waals surface area contributed by atoms with Gasteiger partial charge in [-0.2, -0.15) is 0 Å². The lowest BCUT2D eigenvalue weighted by Gasteiger charge is -2.26. The fourth-order valence-corrected chi connectivity index (χ4v) is 7.17. The van der Waals surface area contributed by atoms with E-state index in [0.717, 1.165) is 17.1 Å². The smallest absolute Gasteiger partial charge is 0.0462 e. The zero-order valence-electron chi connectivity index (χ0n) is 24.1. The van der Waals surface area contributed by atoms with Gasteiger partial charge >= 0.3 is 0 Å². The van der Waals surface area contributed by atoms with Crippen LogP contribution in [0.1, 0.15) is 0 Å². The molecule has 1 nitrogen and oxygen atoms in total. The van der Waals surface area contributed by atoms with Crippen molar-refractivity contribution < 1.29 is 0 Å². The van der Waals surface area contributed by atoms with E-state index in [-0.39, 0.29) is 0 Å². The van der Waals surface area contributed by atoms with Gasteiger partial charge in [-0.3, -0.25) is 0 Å². The Morgan fingerprint density at radius 2 is 0.682 bits per heavy atom. The van der Waals surface area contributed by atoms with Gasteiger partial charge in [-0.1, -0.05) is 127 Å². The van der Waals surface area contributed by atoms with Crippen LogP contribution in [0.15, 0.2) is 176 Å². The Labute approximate surface area is 261 Å². The number of benzene rings is 7. The number of rotatable bonds is 6. The molecule has 0 N–H and O–H groups in total. The van der Waals surface area contributed by atoms with Gasteiger partial charge in [-0.25, -0.2) is 0 Å².